The Balaban J connectivity index is 1.60. The van der Waals surface area contributed by atoms with Gasteiger partial charge < -0.3 is 10.2 Å². The van der Waals surface area contributed by atoms with Gasteiger partial charge in [0.15, 0.2) is 0 Å². The largest absolute Gasteiger partial charge is 0.354 e. The van der Waals surface area contributed by atoms with Gasteiger partial charge in [0.05, 0.1) is 6.54 Å². The average Bonchev–Trinajstić information content (AvgIpc) is 2.71. The number of anilines is 2. The van der Waals surface area contributed by atoms with Crippen LogP contribution in [0, 0.1) is 13.8 Å². The van der Waals surface area contributed by atoms with Crippen LogP contribution in [0.25, 0.3) is 0 Å². The number of piperazine rings is 1. The van der Waals surface area contributed by atoms with Crippen LogP contribution in [0.2, 0.25) is 0 Å². The van der Waals surface area contributed by atoms with Crippen LogP contribution in [0.5, 0.6) is 0 Å². The van der Waals surface area contributed by atoms with Gasteiger partial charge in [-0.3, -0.25) is 9.69 Å². The third-order valence-electron chi connectivity index (χ3n) is 5.67. The third kappa shape index (κ3) is 5.36. The number of carbonyl (C=O) groups excluding carboxylic acids is 1. The average molecular weight is 410 g/mol. The highest BCUT2D eigenvalue weighted by Crippen LogP contribution is 2.23. The molecule has 1 aliphatic heterocycles. The van der Waals surface area contributed by atoms with Crippen LogP contribution in [0.1, 0.15) is 62.2 Å². The van der Waals surface area contributed by atoms with Crippen LogP contribution in [0.15, 0.2) is 24.3 Å². The number of para-hydroxylation sites is 1. The van der Waals surface area contributed by atoms with Crippen LogP contribution in [-0.4, -0.2) is 53.5 Å². The molecule has 1 aromatic carbocycles. The van der Waals surface area contributed by atoms with Crippen molar-refractivity contribution in [1.29, 1.82) is 0 Å². The first-order valence-electron chi connectivity index (χ1n) is 11.0. The Hall–Kier alpha value is -2.47. The quantitative estimate of drug-likeness (QED) is 0.778. The molecule has 0 aliphatic carbocycles. The van der Waals surface area contributed by atoms with E-state index < -0.39 is 0 Å². The minimum Gasteiger partial charge on any atom is -0.354 e. The fourth-order valence-corrected chi connectivity index (χ4v) is 3.72. The molecular weight excluding hydrogens is 374 g/mol. The molecule has 2 heterocycles. The summed E-state index contributed by atoms with van der Waals surface area (Å²) in [7, 11) is 0. The number of hydrogen-bond acceptors (Lipinski definition) is 5. The van der Waals surface area contributed by atoms with Crippen LogP contribution >= 0.6 is 0 Å². The van der Waals surface area contributed by atoms with Crippen molar-refractivity contribution < 1.29 is 4.79 Å². The number of aromatic nitrogens is 2. The molecule has 1 saturated heterocycles. The highest BCUT2D eigenvalue weighted by Gasteiger charge is 2.22. The Morgan fingerprint density at radius 2 is 1.63 bits per heavy atom. The molecule has 0 radical (unpaired) electrons. The molecule has 1 amide bonds. The maximum Gasteiger partial charge on any atom is 0.238 e. The van der Waals surface area contributed by atoms with Gasteiger partial charge in [-0.2, -0.15) is 0 Å². The summed E-state index contributed by atoms with van der Waals surface area (Å²) in [5.41, 5.74) is 4.22. The van der Waals surface area contributed by atoms with Crippen LogP contribution in [0.4, 0.5) is 11.5 Å². The lowest BCUT2D eigenvalue weighted by atomic mass is 10.1. The predicted molar refractivity (Wildman–Crippen MR) is 123 cm³/mol. The van der Waals surface area contributed by atoms with E-state index in [0.717, 1.165) is 60.3 Å². The molecule has 0 bridgehead atoms. The van der Waals surface area contributed by atoms with Gasteiger partial charge in [0.1, 0.15) is 11.6 Å². The minimum absolute atomic E-state index is 0.0482. The molecule has 162 valence electrons. The Labute approximate surface area is 180 Å². The molecule has 30 heavy (non-hydrogen) atoms. The summed E-state index contributed by atoms with van der Waals surface area (Å²) in [6.07, 6.45) is 0. The molecule has 1 aliphatic rings. The normalized spacial score (nSPS) is 15.1. The summed E-state index contributed by atoms with van der Waals surface area (Å²) in [6, 6.07) is 8.20. The molecule has 2 aromatic rings. The molecule has 0 atom stereocenters. The third-order valence-corrected chi connectivity index (χ3v) is 5.67. The van der Waals surface area contributed by atoms with E-state index in [9.17, 15) is 4.79 Å². The van der Waals surface area contributed by atoms with Crippen molar-refractivity contribution >= 4 is 17.4 Å². The topological polar surface area (TPSA) is 61.4 Å². The summed E-state index contributed by atoms with van der Waals surface area (Å²) in [5.74, 6) is 2.65. The van der Waals surface area contributed by atoms with Crippen molar-refractivity contribution in [2.45, 2.75) is 53.4 Å². The zero-order valence-electron chi connectivity index (χ0n) is 19.2. The standard InChI is InChI=1S/C24H35N5O/c1-16(2)20-14-21(26-24(25-20)17(3)4)29-12-10-28(11-13-29)15-22(30)27-23-18(5)8-7-9-19(23)6/h7-9,14,16-17H,10-13,15H2,1-6H3,(H,27,30). The number of rotatable bonds is 6. The molecule has 1 fully saturated rings. The zero-order chi connectivity index (χ0) is 21.8. The van der Waals surface area contributed by atoms with Crippen LogP contribution in [-0.2, 0) is 4.79 Å². The van der Waals surface area contributed by atoms with Crippen molar-refractivity contribution in [2.75, 3.05) is 42.9 Å². The number of nitrogens with one attached hydrogen (secondary N) is 1. The second kappa shape index (κ2) is 9.56. The molecule has 6 nitrogen and oxygen atoms in total. The maximum absolute atomic E-state index is 12.6. The second-order valence-electron chi connectivity index (χ2n) is 8.90. The Morgan fingerprint density at radius 1 is 1.00 bits per heavy atom. The lowest BCUT2D eigenvalue weighted by molar-refractivity contribution is -0.117. The van der Waals surface area contributed by atoms with E-state index in [4.69, 9.17) is 9.97 Å². The van der Waals surface area contributed by atoms with Gasteiger partial charge in [-0.25, -0.2) is 9.97 Å². The number of aryl methyl sites for hydroxylation is 2. The van der Waals surface area contributed by atoms with Gasteiger partial charge in [0.2, 0.25) is 5.91 Å². The van der Waals surface area contributed by atoms with Crippen molar-refractivity contribution in [1.82, 2.24) is 14.9 Å². The molecule has 0 unspecified atom stereocenters. The van der Waals surface area contributed by atoms with Crippen molar-refractivity contribution in [3.8, 4) is 0 Å². The first-order chi connectivity index (χ1) is 14.2. The summed E-state index contributed by atoms with van der Waals surface area (Å²) < 4.78 is 0. The zero-order valence-corrected chi connectivity index (χ0v) is 19.2. The van der Waals surface area contributed by atoms with Gasteiger partial charge in [0, 0.05) is 49.5 Å². The minimum atomic E-state index is 0.0482. The number of carbonyl (C=O) groups is 1. The molecule has 1 N–H and O–H groups in total. The predicted octanol–water partition coefficient (Wildman–Crippen LogP) is 4.10. The molecule has 0 spiro atoms. The molecule has 0 saturated carbocycles. The van der Waals surface area contributed by atoms with E-state index in [1.54, 1.807) is 0 Å². The number of hydrogen-bond donors (Lipinski definition) is 1. The number of nitrogens with zero attached hydrogens (tertiary/aromatic N) is 4. The smallest absolute Gasteiger partial charge is 0.238 e. The summed E-state index contributed by atoms with van der Waals surface area (Å²) in [4.78, 5) is 26.7. The van der Waals surface area contributed by atoms with E-state index in [0.29, 0.717) is 18.4 Å². The van der Waals surface area contributed by atoms with Gasteiger partial charge in [-0.15, -0.1) is 0 Å². The Kier molecular flexibility index (Phi) is 7.08. The van der Waals surface area contributed by atoms with Crippen LogP contribution < -0.4 is 10.2 Å². The highest BCUT2D eigenvalue weighted by molar-refractivity contribution is 5.93. The molecular formula is C24H35N5O. The van der Waals surface area contributed by atoms with Crippen molar-refractivity contribution in [3.05, 3.63) is 46.9 Å². The first kappa shape index (κ1) is 22.2. The van der Waals surface area contributed by atoms with Crippen molar-refractivity contribution in [3.63, 3.8) is 0 Å². The Bertz CT molecular complexity index is 839. The SMILES string of the molecule is Cc1cccc(C)c1NC(=O)CN1CCN(c2cc(C(C)C)nc(C(C)C)n2)CC1. The van der Waals surface area contributed by atoms with Gasteiger partial charge in [0.25, 0.3) is 0 Å². The lowest BCUT2D eigenvalue weighted by Gasteiger charge is -2.35. The lowest BCUT2D eigenvalue weighted by Crippen LogP contribution is -2.49. The Morgan fingerprint density at radius 3 is 2.20 bits per heavy atom. The fraction of sp³-hybridized carbons (Fsp3) is 0.542. The first-order valence-corrected chi connectivity index (χ1v) is 11.0. The van der Waals surface area contributed by atoms with Gasteiger partial charge in [-0.05, 0) is 30.9 Å². The van der Waals surface area contributed by atoms with Gasteiger partial charge in [-0.1, -0.05) is 45.9 Å². The van der Waals surface area contributed by atoms with E-state index in [2.05, 4.69) is 48.9 Å². The van der Waals surface area contributed by atoms with E-state index in [1.807, 2.05) is 32.0 Å². The van der Waals surface area contributed by atoms with Crippen LogP contribution in [0.3, 0.4) is 0 Å². The summed E-state index contributed by atoms with van der Waals surface area (Å²) in [6.45, 7) is 16.5. The van der Waals surface area contributed by atoms with E-state index in [-0.39, 0.29) is 5.91 Å². The number of amides is 1. The van der Waals surface area contributed by atoms with E-state index in [1.165, 1.54) is 0 Å². The molecule has 1 aromatic heterocycles. The monoisotopic (exact) mass is 409 g/mol. The summed E-state index contributed by atoms with van der Waals surface area (Å²) in [5, 5.41) is 3.09. The van der Waals surface area contributed by atoms with Crippen molar-refractivity contribution in [2.24, 2.45) is 0 Å². The fourth-order valence-electron chi connectivity index (χ4n) is 3.72. The molecule has 6 heteroatoms. The van der Waals surface area contributed by atoms with Gasteiger partial charge >= 0.3 is 0 Å². The molecule has 3 rings (SSSR count). The summed E-state index contributed by atoms with van der Waals surface area (Å²) >= 11 is 0. The maximum atomic E-state index is 12.6. The highest BCUT2D eigenvalue weighted by atomic mass is 16.2. The van der Waals surface area contributed by atoms with E-state index >= 15 is 0 Å². The second-order valence-corrected chi connectivity index (χ2v) is 8.90. The number of benzene rings is 1.